The van der Waals surface area contributed by atoms with Gasteiger partial charge in [0.15, 0.2) is 11.5 Å². The highest BCUT2D eigenvalue weighted by Crippen LogP contribution is 2.33. The Bertz CT molecular complexity index is 1510. The number of hydrogen-bond acceptors (Lipinski definition) is 9. The van der Waals surface area contributed by atoms with Crippen molar-refractivity contribution in [2.75, 3.05) is 40.1 Å². The van der Waals surface area contributed by atoms with E-state index >= 15 is 0 Å². The highest BCUT2D eigenvalue weighted by atomic mass is 16.7. The van der Waals surface area contributed by atoms with Crippen molar-refractivity contribution < 1.29 is 28.5 Å². The Labute approximate surface area is 219 Å². The summed E-state index contributed by atoms with van der Waals surface area (Å²) in [5.41, 5.74) is 1.86. The molecule has 0 unspecified atom stereocenters. The van der Waals surface area contributed by atoms with Gasteiger partial charge in [0.1, 0.15) is 29.1 Å². The Kier molecular flexibility index (Phi) is 6.53. The summed E-state index contributed by atoms with van der Waals surface area (Å²) in [7, 11) is 1.59. The van der Waals surface area contributed by atoms with Crippen molar-refractivity contribution in [3.05, 3.63) is 82.2 Å². The van der Waals surface area contributed by atoms with Crippen LogP contribution in [0.1, 0.15) is 11.1 Å². The van der Waals surface area contributed by atoms with Crippen LogP contribution in [0.3, 0.4) is 0 Å². The van der Waals surface area contributed by atoms with Crippen LogP contribution in [0.15, 0.2) is 70.1 Å². The van der Waals surface area contributed by atoms with Crippen molar-refractivity contribution in [2.45, 2.75) is 13.1 Å². The maximum absolute atomic E-state index is 13.2. The summed E-state index contributed by atoms with van der Waals surface area (Å²) >= 11 is 0. The molecule has 1 aromatic heterocycles. The zero-order valence-corrected chi connectivity index (χ0v) is 21.0. The highest BCUT2D eigenvalue weighted by molar-refractivity contribution is 5.83. The maximum atomic E-state index is 13.2. The van der Waals surface area contributed by atoms with E-state index in [-0.39, 0.29) is 23.7 Å². The number of benzene rings is 3. The minimum atomic E-state index is -0.295. The van der Waals surface area contributed by atoms with Gasteiger partial charge in [-0.1, -0.05) is 6.07 Å². The smallest absolute Gasteiger partial charge is 0.235 e. The Balaban J connectivity index is 1.14. The molecule has 1 N–H and O–H groups in total. The molecule has 1 fully saturated rings. The van der Waals surface area contributed by atoms with Crippen molar-refractivity contribution in [3.8, 4) is 34.5 Å². The van der Waals surface area contributed by atoms with Crippen molar-refractivity contribution in [1.29, 1.82) is 0 Å². The molecule has 1 saturated heterocycles. The number of aromatic hydroxyl groups is 1. The Morgan fingerprint density at radius 3 is 2.34 bits per heavy atom. The summed E-state index contributed by atoms with van der Waals surface area (Å²) < 4.78 is 27.7. The maximum Gasteiger partial charge on any atom is 0.235 e. The number of nitrogens with zero attached hydrogens (tertiary/aromatic N) is 2. The monoisotopic (exact) mass is 516 g/mol. The molecule has 6 rings (SSSR count). The molecule has 0 aliphatic carbocycles. The number of ether oxygens (including phenoxy) is 4. The lowest BCUT2D eigenvalue weighted by atomic mass is 10.1. The molecule has 9 heteroatoms. The van der Waals surface area contributed by atoms with Gasteiger partial charge in [-0.15, -0.1) is 0 Å². The van der Waals surface area contributed by atoms with Gasteiger partial charge in [-0.25, -0.2) is 0 Å². The second-order valence-electron chi connectivity index (χ2n) is 9.39. The van der Waals surface area contributed by atoms with Gasteiger partial charge in [0, 0.05) is 39.3 Å². The number of rotatable bonds is 7. The van der Waals surface area contributed by atoms with Crippen LogP contribution in [-0.4, -0.2) is 55.0 Å². The van der Waals surface area contributed by atoms with Crippen LogP contribution >= 0.6 is 0 Å². The van der Waals surface area contributed by atoms with Gasteiger partial charge in [-0.3, -0.25) is 14.6 Å². The van der Waals surface area contributed by atoms with E-state index in [2.05, 4.69) is 15.9 Å². The number of fused-ring (bicyclic) bond motifs is 2. The van der Waals surface area contributed by atoms with Gasteiger partial charge >= 0.3 is 0 Å². The largest absolute Gasteiger partial charge is 0.507 e. The lowest BCUT2D eigenvalue weighted by Gasteiger charge is -2.34. The molecular formula is C29H28N2O7. The topological polar surface area (TPSA) is 93.8 Å². The predicted octanol–water partition coefficient (Wildman–Crippen LogP) is 4.35. The van der Waals surface area contributed by atoms with E-state index in [1.165, 1.54) is 11.8 Å². The molecule has 3 aromatic carbocycles. The first-order chi connectivity index (χ1) is 18.6. The van der Waals surface area contributed by atoms with Gasteiger partial charge in [-0.2, -0.15) is 0 Å². The summed E-state index contributed by atoms with van der Waals surface area (Å²) in [6, 6.07) is 16.1. The van der Waals surface area contributed by atoms with Crippen LogP contribution in [-0.2, 0) is 13.1 Å². The molecule has 4 aromatic rings. The molecular weight excluding hydrogens is 488 g/mol. The molecule has 0 saturated carbocycles. The van der Waals surface area contributed by atoms with E-state index in [1.807, 2.05) is 12.1 Å². The van der Waals surface area contributed by atoms with Crippen molar-refractivity contribution in [2.24, 2.45) is 0 Å². The quantitative estimate of drug-likeness (QED) is 0.385. The lowest BCUT2D eigenvalue weighted by Crippen LogP contribution is -2.45. The molecule has 0 bridgehead atoms. The minimum absolute atomic E-state index is 0.0800. The molecule has 38 heavy (non-hydrogen) atoms. The van der Waals surface area contributed by atoms with E-state index in [1.54, 1.807) is 43.5 Å². The van der Waals surface area contributed by atoms with Gasteiger partial charge in [0.25, 0.3) is 0 Å². The van der Waals surface area contributed by atoms with Crippen LogP contribution in [0.4, 0.5) is 0 Å². The fraction of sp³-hybridized carbons (Fsp3) is 0.276. The third-order valence-electron chi connectivity index (χ3n) is 6.97. The van der Waals surface area contributed by atoms with Gasteiger partial charge in [0.2, 0.25) is 18.0 Å². The lowest BCUT2D eigenvalue weighted by molar-refractivity contribution is 0.121. The number of hydrogen-bond donors (Lipinski definition) is 1. The number of methoxy groups -OCH3 is 1. The fourth-order valence-electron chi connectivity index (χ4n) is 4.85. The van der Waals surface area contributed by atoms with Crippen molar-refractivity contribution in [3.63, 3.8) is 0 Å². The van der Waals surface area contributed by atoms with E-state index in [9.17, 15) is 9.90 Å². The molecule has 2 aliphatic heterocycles. The molecule has 196 valence electrons. The van der Waals surface area contributed by atoms with Gasteiger partial charge in [0.05, 0.1) is 18.1 Å². The van der Waals surface area contributed by atoms with Gasteiger partial charge < -0.3 is 28.5 Å². The van der Waals surface area contributed by atoms with Crippen LogP contribution in [0, 0.1) is 0 Å². The normalized spacial score (nSPS) is 15.6. The van der Waals surface area contributed by atoms with Crippen LogP contribution in [0.5, 0.6) is 34.5 Å². The standard InChI is InChI=1S/C29H28N2O7/c1-34-20-3-5-21(6-4-20)38-27-17-35-29-22(28(27)33)7-8-24(32)23(29)16-31-12-10-30(11-13-31)15-19-2-9-25-26(14-19)37-18-36-25/h2-9,14,17,32H,10-13,15-16,18H2,1H3. The molecule has 0 atom stereocenters. The minimum Gasteiger partial charge on any atom is -0.507 e. The Morgan fingerprint density at radius 1 is 0.868 bits per heavy atom. The van der Waals surface area contributed by atoms with Crippen molar-refractivity contribution >= 4 is 11.0 Å². The average Bonchev–Trinajstić information content (AvgIpc) is 3.41. The first kappa shape index (κ1) is 24.1. The van der Waals surface area contributed by atoms with E-state index in [4.69, 9.17) is 23.4 Å². The summed E-state index contributed by atoms with van der Waals surface area (Å²) in [6.45, 7) is 4.98. The summed E-state index contributed by atoms with van der Waals surface area (Å²) in [6.07, 6.45) is 1.31. The van der Waals surface area contributed by atoms with Gasteiger partial charge in [-0.05, 0) is 54.1 Å². The van der Waals surface area contributed by atoms with E-state index in [0.29, 0.717) is 34.6 Å². The molecule has 0 radical (unpaired) electrons. The third kappa shape index (κ3) is 4.85. The molecule has 3 heterocycles. The first-order valence-corrected chi connectivity index (χ1v) is 12.5. The number of phenols is 1. The van der Waals surface area contributed by atoms with E-state index in [0.717, 1.165) is 44.2 Å². The summed E-state index contributed by atoms with van der Waals surface area (Å²) in [4.78, 5) is 17.8. The number of piperazine rings is 1. The molecule has 2 aliphatic rings. The third-order valence-corrected chi connectivity index (χ3v) is 6.97. The Morgan fingerprint density at radius 2 is 1.58 bits per heavy atom. The fourth-order valence-corrected chi connectivity index (χ4v) is 4.85. The summed E-state index contributed by atoms with van der Waals surface area (Å²) in [5, 5.41) is 11.0. The van der Waals surface area contributed by atoms with Crippen LogP contribution in [0.2, 0.25) is 0 Å². The second kappa shape index (κ2) is 10.3. The van der Waals surface area contributed by atoms with Crippen LogP contribution in [0.25, 0.3) is 11.0 Å². The highest BCUT2D eigenvalue weighted by Gasteiger charge is 2.22. The average molecular weight is 517 g/mol. The molecule has 9 nitrogen and oxygen atoms in total. The zero-order valence-electron chi connectivity index (χ0n) is 21.0. The second-order valence-corrected chi connectivity index (χ2v) is 9.39. The molecule has 0 spiro atoms. The van der Waals surface area contributed by atoms with Crippen LogP contribution < -0.4 is 24.4 Å². The first-order valence-electron chi connectivity index (χ1n) is 12.5. The SMILES string of the molecule is COc1ccc(Oc2coc3c(CN4CCN(Cc5ccc6c(c5)OCO6)CC4)c(O)ccc3c2=O)cc1. The molecule has 0 amide bonds. The predicted molar refractivity (Wildman–Crippen MR) is 140 cm³/mol. The van der Waals surface area contributed by atoms with E-state index < -0.39 is 0 Å². The number of phenolic OH excluding ortho intramolecular Hbond substituents is 1. The summed E-state index contributed by atoms with van der Waals surface area (Å²) in [5.74, 6) is 2.96. The zero-order chi connectivity index (χ0) is 26.1. The van der Waals surface area contributed by atoms with Crippen molar-refractivity contribution in [1.82, 2.24) is 9.80 Å². The Hall–Kier alpha value is -4.21.